The third-order valence-corrected chi connectivity index (χ3v) is 4.79. The third-order valence-electron chi connectivity index (χ3n) is 4.56. The van der Waals surface area contributed by atoms with Crippen molar-refractivity contribution in [2.45, 2.75) is 6.42 Å². The number of hydrogen-bond donors (Lipinski definition) is 1. The van der Waals surface area contributed by atoms with Gasteiger partial charge in [-0.15, -0.1) is 0 Å². The van der Waals surface area contributed by atoms with Crippen molar-refractivity contribution in [2.24, 2.45) is 0 Å². The molecule has 2 aromatic rings. The Morgan fingerprint density at radius 3 is 2.50 bits per heavy atom. The van der Waals surface area contributed by atoms with Gasteiger partial charge in [-0.2, -0.15) is 0 Å². The predicted molar refractivity (Wildman–Crippen MR) is 103 cm³/mol. The van der Waals surface area contributed by atoms with Gasteiger partial charge in [0, 0.05) is 43.4 Å². The molecule has 1 N–H and O–H groups in total. The summed E-state index contributed by atoms with van der Waals surface area (Å²) in [6.45, 7) is 4.32. The molecule has 2 aromatic carbocycles. The fourth-order valence-electron chi connectivity index (χ4n) is 3.11. The molecule has 1 aliphatic rings. The van der Waals surface area contributed by atoms with Crippen molar-refractivity contribution in [1.82, 2.24) is 10.2 Å². The van der Waals surface area contributed by atoms with Crippen molar-refractivity contribution in [1.29, 1.82) is 0 Å². The quantitative estimate of drug-likeness (QED) is 0.843. The smallest absolute Gasteiger partial charge is 0.234 e. The molecule has 0 aromatic heterocycles. The van der Waals surface area contributed by atoms with E-state index in [1.54, 1.807) is 12.1 Å². The number of carbonyl (C=O) groups is 1. The van der Waals surface area contributed by atoms with Crippen molar-refractivity contribution in [3.63, 3.8) is 0 Å². The van der Waals surface area contributed by atoms with E-state index >= 15 is 0 Å². The van der Waals surface area contributed by atoms with Gasteiger partial charge in [0.15, 0.2) is 0 Å². The average molecular weight is 376 g/mol. The Balaban J connectivity index is 1.37. The lowest BCUT2D eigenvalue weighted by Gasteiger charge is -2.35. The van der Waals surface area contributed by atoms with Crippen LogP contribution < -0.4 is 10.2 Å². The molecule has 0 aliphatic carbocycles. The summed E-state index contributed by atoms with van der Waals surface area (Å²) in [6, 6.07) is 14.2. The first-order chi connectivity index (χ1) is 12.6. The third kappa shape index (κ3) is 5.44. The Hall–Kier alpha value is -2.11. The first-order valence-electron chi connectivity index (χ1n) is 8.84. The monoisotopic (exact) mass is 375 g/mol. The van der Waals surface area contributed by atoms with Crippen LogP contribution in [-0.4, -0.2) is 50.1 Å². The van der Waals surface area contributed by atoms with Gasteiger partial charge in [0.2, 0.25) is 5.91 Å². The standard InChI is InChI=1S/C20H23ClFN3O/c21-17-3-1-2-16(14-17)8-9-23-20(26)15-24-10-12-25(13-11-24)19-6-4-18(22)5-7-19/h1-7,14H,8-13,15H2,(H,23,26). The van der Waals surface area contributed by atoms with Gasteiger partial charge in [-0.3, -0.25) is 9.69 Å². The summed E-state index contributed by atoms with van der Waals surface area (Å²) < 4.78 is 13.0. The highest BCUT2D eigenvalue weighted by Crippen LogP contribution is 2.16. The van der Waals surface area contributed by atoms with Gasteiger partial charge < -0.3 is 10.2 Å². The van der Waals surface area contributed by atoms with Crippen LogP contribution in [-0.2, 0) is 11.2 Å². The van der Waals surface area contributed by atoms with Crippen LogP contribution in [0.15, 0.2) is 48.5 Å². The maximum atomic E-state index is 13.0. The molecule has 0 bridgehead atoms. The Morgan fingerprint density at radius 2 is 1.81 bits per heavy atom. The van der Waals surface area contributed by atoms with Crippen molar-refractivity contribution in [3.05, 3.63) is 64.9 Å². The molecule has 0 spiro atoms. The van der Waals surface area contributed by atoms with E-state index in [1.807, 2.05) is 24.3 Å². The average Bonchev–Trinajstić information content (AvgIpc) is 2.63. The normalized spacial score (nSPS) is 15.1. The van der Waals surface area contributed by atoms with Crippen LogP contribution in [0.3, 0.4) is 0 Å². The number of benzene rings is 2. The minimum Gasteiger partial charge on any atom is -0.369 e. The van der Waals surface area contributed by atoms with E-state index in [9.17, 15) is 9.18 Å². The molecule has 1 amide bonds. The van der Waals surface area contributed by atoms with Crippen LogP contribution in [0.4, 0.5) is 10.1 Å². The number of nitrogens with zero attached hydrogens (tertiary/aromatic N) is 2. The molecule has 0 radical (unpaired) electrons. The highest BCUT2D eigenvalue weighted by molar-refractivity contribution is 6.30. The predicted octanol–water partition coefficient (Wildman–Crippen LogP) is 2.96. The minimum atomic E-state index is -0.221. The van der Waals surface area contributed by atoms with Crippen LogP contribution in [0, 0.1) is 5.82 Å². The lowest BCUT2D eigenvalue weighted by atomic mass is 10.1. The first-order valence-corrected chi connectivity index (χ1v) is 9.22. The Kier molecular flexibility index (Phi) is 6.47. The largest absolute Gasteiger partial charge is 0.369 e. The van der Waals surface area contributed by atoms with Crippen LogP contribution in [0.25, 0.3) is 0 Å². The van der Waals surface area contributed by atoms with Crippen LogP contribution in [0.1, 0.15) is 5.56 Å². The SMILES string of the molecule is O=C(CN1CCN(c2ccc(F)cc2)CC1)NCCc1cccc(Cl)c1. The second-order valence-corrected chi connectivity index (χ2v) is 6.91. The zero-order valence-electron chi connectivity index (χ0n) is 14.6. The molecule has 1 aliphatic heterocycles. The molecular formula is C20H23ClFN3O. The summed E-state index contributed by atoms with van der Waals surface area (Å²) in [5.74, 6) is -0.177. The van der Waals surface area contributed by atoms with E-state index in [4.69, 9.17) is 11.6 Å². The second-order valence-electron chi connectivity index (χ2n) is 6.47. The van der Waals surface area contributed by atoms with Gasteiger partial charge in [0.05, 0.1) is 6.54 Å². The van der Waals surface area contributed by atoms with Crippen molar-refractivity contribution in [3.8, 4) is 0 Å². The molecule has 0 unspecified atom stereocenters. The Bertz CT molecular complexity index is 730. The van der Waals surface area contributed by atoms with Crippen LogP contribution >= 0.6 is 11.6 Å². The topological polar surface area (TPSA) is 35.6 Å². The minimum absolute atomic E-state index is 0.0438. The number of anilines is 1. The van der Waals surface area contributed by atoms with Crippen molar-refractivity contribution < 1.29 is 9.18 Å². The van der Waals surface area contributed by atoms with E-state index in [0.717, 1.165) is 43.9 Å². The Labute approximate surface area is 158 Å². The lowest BCUT2D eigenvalue weighted by molar-refractivity contribution is -0.122. The summed E-state index contributed by atoms with van der Waals surface area (Å²) in [5, 5.41) is 3.68. The van der Waals surface area contributed by atoms with E-state index < -0.39 is 0 Å². The molecule has 4 nitrogen and oxygen atoms in total. The second kappa shape index (κ2) is 9.01. The molecule has 138 valence electrons. The molecule has 1 heterocycles. The summed E-state index contributed by atoms with van der Waals surface area (Å²) in [7, 11) is 0. The van der Waals surface area contributed by atoms with E-state index in [-0.39, 0.29) is 11.7 Å². The van der Waals surface area contributed by atoms with Gasteiger partial charge in [-0.1, -0.05) is 23.7 Å². The first kappa shape index (κ1) is 18.7. The molecule has 1 fully saturated rings. The molecule has 1 saturated heterocycles. The number of halogens is 2. The van der Waals surface area contributed by atoms with Crippen molar-refractivity contribution in [2.75, 3.05) is 44.2 Å². The Morgan fingerprint density at radius 1 is 1.08 bits per heavy atom. The maximum Gasteiger partial charge on any atom is 0.234 e. The van der Waals surface area contributed by atoms with E-state index in [1.165, 1.54) is 12.1 Å². The number of nitrogens with one attached hydrogen (secondary N) is 1. The van der Waals surface area contributed by atoms with E-state index in [2.05, 4.69) is 15.1 Å². The summed E-state index contributed by atoms with van der Waals surface area (Å²) in [6.07, 6.45) is 0.768. The van der Waals surface area contributed by atoms with Gasteiger partial charge in [0.1, 0.15) is 5.82 Å². The van der Waals surface area contributed by atoms with Gasteiger partial charge in [0.25, 0.3) is 0 Å². The number of amides is 1. The molecule has 26 heavy (non-hydrogen) atoms. The maximum absolute atomic E-state index is 13.0. The van der Waals surface area contributed by atoms with Gasteiger partial charge in [-0.05, 0) is 48.4 Å². The highest BCUT2D eigenvalue weighted by atomic mass is 35.5. The number of hydrogen-bond acceptors (Lipinski definition) is 3. The molecule has 6 heteroatoms. The van der Waals surface area contributed by atoms with Crippen molar-refractivity contribution >= 4 is 23.2 Å². The fraction of sp³-hybridized carbons (Fsp3) is 0.350. The summed E-state index contributed by atoms with van der Waals surface area (Å²) >= 11 is 5.96. The highest BCUT2D eigenvalue weighted by Gasteiger charge is 2.19. The number of carbonyl (C=O) groups excluding carboxylic acids is 1. The van der Waals surface area contributed by atoms with Crippen LogP contribution in [0.5, 0.6) is 0 Å². The number of rotatable bonds is 6. The van der Waals surface area contributed by atoms with Gasteiger partial charge in [-0.25, -0.2) is 4.39 Å². The van der Waals surface area contributed by atoms with Crippen LogP contribution in [0.2, 0.25) is 5.02 Å². The van der Waals surface area contributed by atoms with E-state index in [0.29, 0.717) is 18.1 Å². The van der Waals surface area contributed by atoms with Gasteiger partial charge >= 0.3 is 0 Å². The molecule has 0 saturated carbocycles. The molecule has 0 atom stereocenters. The fourth-order valence-corrected chi connectivity index (χ4v) is 3.33. The summed E-state index contributed by atoms with van der Waals surface area (Å²) in [5.41, 5.74) is 2.14. The lowest BCUT2D eigenvalue weighted by Crippen LogP contribution is -2.49. The molecular weight excluding hydrogens is 353 g/mol. The zero-order chi connectivity index (χ0) is 18.4. The number of piperazine rings is 1. The zero-order valence-corrected chi connectivity index (χ0v) is 15.4. The summed E-state index contributed by atoms with van der Waals surface area (Å²) in [4.78, 5) is 16.5. The molecule has 3 rings (SSSR count).